The van der Waals surface area contributed by atoms with Gasteiger partial charge in [0.2, 0.25) is 5.92 Å². The van der Waals surface area contributed by atoms with Crippen LogP contribution < -0.4 is 4.74 Å². The quantitative estimate of drug-likeness (QED) is 0.836. The molecule has 1 aromatic carbocycles. The molecule has 7 heteroatoms. The molecule has 0 amide bonds. The van der Waals surface area contributed by atoms with Crippen LogP contribution in [0.2, 0.25) is 0 Å². The molecule has 0 bridgehead atoms. The average molecular weight is 296 g/mol. The van der Waals surface area contributed by atoms with E-state index in [2.05, 4.69) is 4.74 Å². The molecule has 0 atom stereocenters. The maximum absolute atomic E-state index is 13.1. The van der Waals surface area contributed by atoms with E-state index in [1.807, 2.05) is 0 Å². The van der Waals surface area contributed by atoms with Crippen LogP contribution in [0.4, 0.5) is 22.0 Å². The van der Waals surface area contributed by atoms with Gasteiger partial charge in [0.25, 0.3) is 0 Å². The maximum Gasteiger partial charge on any atom is 0.573 e. The highest BCUT2D eigenvalue weighted by molar-refractivity contribution is 5.33. The Morgan fingerprint density at radius 3 is 2.20 bits per heavy atom. The van der Waals surface area contributed by atoms with Crippen LogP contribution in [-0.4, -0.2) is 17.4 Å². The van der Waals surface area contributed by atoms with Gasteiger partial charge in [0.1, 0.15) is 5.75 Å². The van der Waals surface area contributed by atoms with Crippen LogP contribution in [-0.2, 0) is 5.60 Å². The number of aliphatic hydroxyl groups is 1. The Morgan fingerprint density at radius 1 is 1.05 bits per heavy atom. The molecular weight excluding hydrogens is 283 g/mol. The Balaban J connectivity index is 2.19. The van der Waals surface area contributed by atoms with E-state index in [9.17, 15) is 27.1 Å². The van der Waals surface area contributed by atoms with Crippen molar-refractivity contribution in [3.8, 4) is 5.75 Å². The fourth-order valence-corrected chi connectivity index (χ4v) is 2.30. The zero-order valence-electron chi connectivity index (χ0n) is 10.4. The third-order valence-corrected chi connectivity index (χ3v) is 3.41. The summed E-state index contributed by atoms with van der Waals surface area (Å²) < 4.78 is 66.3. The van der Waals surface area contributed by atoms with Gasteiger partial charge in [-0.15, -0.1) is 13.2 Å². The molecule has 0 aliphatic heterocycles. The van der Waals surface area contributed by atoms with Crippen molar-refractivity contribution in [1.82, 2.24) is 0 Å². The van der Waals surface area contributed by atoms with Crippen molar-refractivity contribution >= 4 is 0 Å². The minimum absolute atomic E-state index is 0.162. The van der Waals surface area contributed by atoms with Gasteiger partial charge in [-0.1, -0.05) is 12.1 Å². The Labute approximate surface area is 112 Å². The fourth-order valence-electron chi connectivity index (χ4n) is 2.30. The molecule has 0 radical (unpaired) electrons. The summed E-state index contributed by atoms with van der Waals surface area (Å²) >= 11 is 0. The Hall–Kier alpha value is -1.37. The van der Waals surface area contributed by atoms with Crippen LogP contribution in [0.3, 0.4) is 0 Å². The molecule has 112 valence electrons. The molecule has 0 unspecified atom stereocenters. The minimum atomic E-state index is -4.83. The van der Waals surface area contributed by atoms with Crippen molar-refractivity contribution in [1.29, 1.82) is 0 Å². The molecule has 1 N–H and O–H groups in total. The Morgan fingerprint density at radius 2 is 1.65 bits per heavy atom. The molecule has 1 aromatic rings. The molecule has 0 spiro atoms. The predicted molar refractivity (Wildman–Crippen MR) is 60.4 cm³/mol. The van der Waals surface area contributed by atoms with E-state index in [0.717, 1.165) is 12.1 Å². The van der Waals surface area contributed by atoms with Crippen LogP contribution in [0.15, 0.2) is 24.3 Å². The van der Waals surface area contributed by atoms with Crippen molar-refractivity contribution in [2.24, 2.45) is 0 Å². The third-order valence-electron chi connectivity index (χ3n) is 3.41. The largest absolute Gasteiger partial charge is 0.573 e. The van der Waals surface area contributed by atoms with Crippen LogP contribution in [0, 0.1) is 0 Å². The summed E-state index contributed by atoms with van der Waals surface area (Å²) in [5, 5.41) is 10.3. The Kier molecular flexibility index (Phi) is 3.66. The number of alkyl halides is 5. The van der Waals surface area contributed by atoms with Crippen LogP contribution in [0.5, 0.6) is 5.75 Å². The first-order valence-corrected chi connectivity index (χ1v) is 6.06. The standard InChI is InChI=1S/C13H13F5O2/c14-12(15)6-4-11(19,5-7-12)9-2-1-3-10(8-9)20-13(16,17)18/h1-3,8,19H,4-7H2. The highest BCUT2D eigenvalue weighted by atomic mass is 19.4. The van der Waals surface area contributed by atoms with Gasteiger partial charge < -0.3 is 9.84 Å². The van der Waals surface area contributed by atoms with Crippen LogP contribution in [0.1, 0.15) is 31.2 Å². The van der Waals surface area contributed by atoms with E-state index in [0.29, 0.717) is 0 Å². The van der Waals surface area contributed by atoms with Gasteiger partial charge in [0, 0.05) is 12.8 Å². The normalized spacial score (nSPS) is 21.5. The van der Waals surface area contributed by atoms with Gasteiger partial charge in [-0.05, 0) is 30.5 Å². The van der Waals surface area contributed by atoms with Gasteiger partial charge >= 0.3 is 6.36 Å². The molecule has 0 saturated heterocycles. The molecular formula is C13H13F5O2. The molecule has 2 rings (SSSR count). The average Bonchev–Trinajstić information content (AvgIpc) is 2.32. The van der Waals surface area contributed by atoms with Crippen molar-refractivity contribution < 1.29 is 31.8 Å². The number of ether oxygens (including phenoxy) is 1. The summed E-state index contributed by atoms with van der Waals surface area (Å²) in [4.78, 5) is 0. The SMILES string of the molecule is OC1(c2cccc(OC(F)(F)F)c2)CCC(F)(F)CC1. The summed E-state index contributed by atoms with van der Waals surface area (Å²) in [7, 11) is 0. The van der Waals surface area contributed by atoms with Gasteiger partial charge in [-0.2, -0.15) is 0 Å². The monoisotopic (exact) mass is 296 g/mol. The second kappa shape index (κ2) is 4.87. The maximum atomic E-state index is 13.1. The zero-order valence-corrected chi connectivity index (χ0v) is 10.4. The summed E-state index contributed by atoms with van der Waals surface area (Å²) in [6.07, 6.45) is -6.21. The third kappa shape index (κ3) is 3.59. The fraction of sp³-hybridized carbons (Fsp3) is 0.538. The topological polar surface area (TPSA) is 29.5 Å². The predicted octanol–water partition coefficient (Wildman–Crippen LogP) is 3.98. The Bertz CT molecular complexity index is 474. The highest BCUT2D eigenvalue weighted by Gasteiger charge is 2.43. The van der Waals surface area contributed by atoms with Crippen molar-refractivity contribution in [3.05, 3.63) is 29.8 Å². The van der Waals surface area contributed by atoms with Crippen LogP contribution >= 0.6 is 0 Å². The second-order valence-corrected chi connectivity index (χ2v) is 4.96. The number of benzene rings is 1. The van der Waals surface area contributed by atoms with E-state index in [-0.39, 0.29) is 18.4 Å². The first-order chi connectivity index (χ1) is 9.10. The number of halogens is 5. The van der Waals surface area contributed by atoms with E-state index >= 15 is 0 Å². The van der Waals surface area contributed by atoms with Gasteiger partial charge in [-0.25, -0.2) is 8.78 Å². The van der Waals surface area contributed by atoms with Crippen molar-refractivity contribution in [3.63, 3.8) is 0 Å². The van der Waals surface area contributed by atoms with Crippen LogP contribution in [0.25, 0.3) is 0 Å². The molecule has 0 aromatic heterocycles. The summed E-state index contributed by atoms with van der Waals surface area (Å²) in [5.41, 5.74) is -1.37. The minimum Gasteiger partial charge on any atom is -0.406 e. The summed E-state index contributed by atoms with van der Waals surface area (Å²) in [5.74, 6) is -3.30. The summed E-state index contributed by atoms with van der Waals surface area (Å²) in [6, 6.07) is 4.84. The lowest BCUT2D eigenvalue weighted by atomic mass is 9.78. The van der Waals surface area contributed by atoms with Crippen molar-refractivity contribution in [2.45, 2.75) is 43.6 Å². The van der Waals surface area contributed by atoms with Crippen molar-refractivity contribution in [2.75, 3.05) is 0 Å². The number of hydrogen-bond donors (Lipinski definition) is 1. The second-order valence-electron chi connectivity index (χ2n) is 4.96. The molecule has 1 aliphatic carbocycles. The van der Waals surface area contributed by atoms with E-state index in [4.69, 9.17) is 0 Å². The van der Waals surface area contributed by atoms with E-state index in [1.54, 1.807) is 0 Å². The number of rotatable bonds is 2. The zero-order chi connectivity index (χ0) is 15.0. The van der Waals surface area contributed by atoms with Gasteiger partial charge in [0.05, 0.1) is 5.60 Å². The van der Waals surface area contributed by atoms with Gasteiger partial charge in [-0.3, -0.25) is 0 Å². The molecule has 1 saturated carbocycles. The first-order valence-electron chi connectivity index (χ1n) is 6.06. The lowest BCUT2D eigenvalue weighted by Gasteiger charge is -2.36. The van der Waals surface area contributed by atoms with E-state index < -0.39 is 36.5 Å². The van der Waals surface area contributed by atoms with Gasteiger partial charge in [0.15, 0.2) is 0 Å². The molecule has 0 heterocycles. The highest BCUT2D eigenvalue weighted by Crippen LogP contribution is 2.44. The molecule has 1 aliphatic rings. The molecule has 20 heavy (non-hydrogen) atoms. The molecule has 2 nitrogen and oxygen atoms in total. The smallest absolute Gasteiger partial charge is 0.406 e. The lowest BCUT2D eigenvalue weighted by molar-refractivity contribution is -0.274. The number of hydrogen-bond acceptors (Lipinski definition) is 2. The molecule has 1 fully saturated rings. The lowest BCUT2D eigenvalue weighted by Crippen LogP contribution is -2.36. The van der Waals surface area contributed by atoms with E-state index in [1.165, 1.54) is 12.1 Å². The first kappa shape index (κ1) is 15.0. The summed E-state index contributed by atoms with van der Waals surface area (Å²) in [6.45, 7) is 0.